The van der Waals surface area contributed by atoms with E-state index < -0.39 is 0 Å². The van der Waals surface area contributed by atoms with E-state index >= 15 is 0 Å². The minimum Gasteiger partial charge on any atom is -0.489 e. The van der Waals surface area contributed by atoms with Crippen LogP contribution in [0, 0.1) is 5.41 Å². The first-order valence-corrected chi connectivity index (χ1v) is 6.03. The molecule has 1 heterocycles. The van der Waals surface area contributed by atoms with Crippen LogP contribution in [0.2, 0.25) is 0 Å². The fraction of sp³-hybridized carbons (Fsp3) is 0.500. The zero-order valence-electron chi connectivity index (χ0n) is 11.2. The van der Waals surface area contributed by atoms with Gasteiger partial charge in [-0.15, -0.1) is 0 Å². The Morgan fingerprint density at radius 3 is 2.78 bits per heavy atom. The molecule has 1 aromatic rings. The molecule has 18 heavy (non-hydrogen) atoms. The van der Waals surface area contributed by atoms with E-state index in [1.807, 2.05) is 0 Å². The lowest BCUT2D eigenvalue weighted by molar-refractivity contribution is 0.0600. The number of benzene rings is 1. The van der Waals surface area contributed by atoms with Crippen LogP contribution in [0.5, 0.6) is 5.75 Å². The summed E-state index contributed by atoms with van der Waals surface area (Å²) in [4.78, 5) is 11.5. The highest BCUT2D eigenvalue weighted by Crippen LogP contribution is 2.34. The highest BCUT2D eigenvalue weighted by atomic mass is 16.5. The van der Waals surface area contributed by atoms with E-state index in [1.165, 1.54) is 7.11 Å². The van der Waals surface area contributed by atoms with E-state index in [9.17, 15) is 4.79 Å². The van der Waals surface area contributed by atoms with Gasteiger partial charge < -0.3 is 14.8 Å². The van der Waals surface area contributed by atoms with Crippen molar-refractivity contribution in [3.05, 3.63) is 23.8 Å². The number of fused-ring (bicyclic) bond motifs is 1. The van der Waals surface area contributed by atoms with Crippen LogP contribution in [0.25, 0.3) is 0 Å². The monoisotopic (exact) mass is 249 g/mol. The molecule has 98 valence electrons. The minimum absolute atomic E-state index is 0.0962. The molecule has 0 saturated heterocycles. The summed E-state index contributed by atoms with van der Waals surface area (Å²) in [7, 11) is 1.38. The van der Waals surface area contributed by atoms with Crippen molar-refractivity contribution in [3.63, 3.8) is 0 Å². The van der Waals surface area contributed by atoms with Gasteiger partial charge in [0.15, 0.2) is 0 Å². The Morgan fingerprint density at radius 2 is 2.17 bits per heavy atom. The number of nitrogens with one attached hydrogen (secondary N) is 1. The average molecular weight is 249 g/mol. The third-order valence-electron chi connectivity index (χ3n) is 3.18. The van der Waals surface area contributed by atoms with Gasteiger partial charge in [-0.1, -0.05) is 20.8 Å². The molecule has 0 fully saturated rings. The van der Waals surface area contributed by atoms with Crippen LogP contribution in [0.15, 0.2) is 18.2 Å². The number of ether oxygens (including phenoxy) is 2. The molecule has 0 aromatic heterocycles. The number of hydrogen-bond acceptors (Lipinski definition) is 4. The van der Waals surface area contributed by atoms with Crippen LogP contribution in [0.3, 0.4) is 0 Å². The Hall–Kier alpha value is -1.71. The fourth-order valence-corrected chi connectivity index (χ4v) is 1.88. The molecule has 0 radical (unpaired) electrons. The van der Waals surface area contributed by atoms with Crippen LogP contribution in [-0.2, 0) is 4.74 Å². The molecule has 1 N–H and O–H groups in total. The molecule has 1 aliphatic heterocycles. The van der Waals surface area contributed by atoms with Gasteiger partial charge in [-0.2, -0.15) is 0 Å². The molecule has 1 aromatic carbocycles. The van der Waals surface area contributed by atoms with Crippen LogP contribution in [-0.4, -0.2) is 25.7 Å². The molecule has 0 saturated carbocycles. The Balaban J connectivity index is 2.27. The standard InChI is InChI=1S/C14H19NO3/c1-14(2,3)12-8-18-11-6-5-9(13(16)17-4)7-10(11)15-12/h5-7,12,15H,8H2,1-4H3. The van der Waals surface area contributed by atoms with Crippen molar-refractivity contribution in [1.29, 1.82) is 0 Å². The van der Waals surface area contributed by atoms with Gasteiger partial charge in [-0.05, 0) is 23.6 Å². The average Bonchev–Trinajstić information content (AvgIpc) is 2.35. The molecule has 1 aliphatic rings. The third-order valence-corrected chi connectivity index (χ3v) is 3.18. The summed E-state index contributed by atoms with van der Waals surface area (Å²) in [6, 6.07) is 5.51. The molecule has 0 bridgehead atoms. The predicted molar refractivity (Wildman–Crippen MR) is 70.1 cm³/mol. The maximum atomic E-state index is 11.5. The Bertz CT molecular complexity index is 463. The summed E-state index contributed by atoms with van der Waals surface area (Å²) >= 11 is 0. The molecule has 1 unspecified atom stereocenters. The van der Waals surface area contributed by atoms with Crippen molar-refractivity contribution in [2.75, 3.05) is 19.0 Å². The van der Waals surface area contributed by atoms with E-state index in [-0.39, 0.29) is 17.4 Å². The zero-order valence-corrected chi connectivity index (χ0v) is 11.2. The summed E-state index contributed by atoms with van der Waals surface area (Å²) in [6.45, 7) is 7.10. The smallest absolute Gasteiger partial charge is 0.337 e. The number of carbonyl (C=O) groups is 1. The third kappa shape index (κ3) is 2.42. The Morgan fingerprint density at radius 1 is 1.44 bits per heavy atom. The van der Waals surface area contributed by atoms with Crippen LogP contribution in [0.1, 0.15) is 31.1 Å². The molecule has 0 amide bonds. The first kappa shape index (κ1) is 12.7. The molecule has 2 rings (SSSR count). The van der Waals surface area contributed by atoms with E-state index in [2.05, 4.69) is 26.1 Å². The second-order valence-electron chi connectivity index (χ2n) is 5.58. The van der Waals surface area contributed by atoms with Crippen molar-refractivity contribution >= 4 is 11.7 Å². The van der Waals surface area contributed by atoms with E-state index in [0.717, 1.165) is 11.4 Å². The van der Waals surface area contributed by atoms with Gasteiger partial charge in [0.25, 0.3) is 0 Å². The highest BCUT2D eigenvalue weighted by Gasteiger charge is 2.29. The molecule has 4 heteroatoms. The van der Waals surface area contributed by atoms with Crippen LogP contribution < -0.4 is 10.1 Å². The Kier molecular flexibility index (Phi) is 3.20. The lowest BCUT2D eigenvalue weighted by atomic mass is 9.86. The summed E-state index contributed by atoms with van der Waals surface area (Å²) in [6.07, 6.45) is 0. The minimum atomic E-state index is -0.336. The molecular weight excluding hydrogens is 230 g/mol. The number of esters is 1. The number of hydrogen-bond donors (Lipinski definition) is 1. The molecule has 0 aliphatic carbocycles. The second-order valence-corrected chi connectivity index (χ2v) is 5.58. The number of carbonyl (C=O) groups excluding carboxylic acids is 1. The number of anilines is 1. The topological polar surface area (TPSA) is 47.6 Å². The maximum absolute atomic E-state index is 11.5. The van der Waals surface area contributed by atoms with Crippen LogP contribution in [0.4, 0.5) is 5.69 Å². The lowest BCUT2D eigenvalue weighted by Gasteiger charge is -2.36. The van der Waals surface area contributed by atoms with Gasteiger partial charge in [0, 0.05) is 0 Å². The van der Waals surface area contributed by atoms with E-state index in [0.29, 0.717) is 12.2 Å². The summed E-state index contributed by atoms with van der Waals surface area (Å²) in [5.41, 5.74) is 1.48. The summed E-state index contributed by atoms with van der Waals surface area (Å²) in [5, 5.41) is 3.42. The molecular formula is C14H19NO3. The quantitative estimate of drug-likeness (QED) is 0.777. The largest absolute Gasteiger partial charge is 0.489 e. The fourth-order valence-electron chi connectivity index (χ4n) is 1.88. The van der Waals surface area contributed by atoms with Gasteiger partial charge in [-0.3, -0.25) is 0 Å². The van der Waals surface area contributed by atoms with Gasteiger partial charge >= 0.3 is 5.97 Å². The van der Waals surface area contributed by atoms with Crippen molar-refractivity contribution in [2.24, 2.45) is 5.41 Å². The first-order chi connectivity index (χ1) is 8.41. The van der Waals surface area contributed by atoms with E-state index in [4.69, 9.17) is 9.47 Å². The highest BCUT2D eigenvalue weighted by molar-refractivity contribution is 5.91. The first-order valence-electron chi connectivity index (χ1n) is 6.03. The number of rotatable bonds is 1. The van der Waals surface area contributed by atoms with Crippen molar-refractivity contribution in [2.45, 2.75) is 26.8 Å². The van der Waals surface area contributed by atoms with Gasteiger partial charge in [0.05, 0.1) is 24.4 Å². The van der Waals surface area contributed by atoms with Gasteiger partial charge in [-0.25, -0.2) is 4.79 Å². The molecule has 1 atom stereocenters. The maximum Gasteiger partial charge on any atom is 0.337 e. The summed E-state index contributed by atoms with van der Waals surface area (Å²) in [5.74, 6) is 0.445. The molecule has 4 nitrogen and oxygen atoms in total. The van der Waals surface area contributed by atoms with Crippen LogP contribution >= 0.6 is 0 Å². The lowest BCUT2D eigenvalue weighted by Crippen LogP contribution is -2.41. The van der Waals surface area contributed by atoms with Gasteiger partial charge in [0.1, 0.15) is 12.4 Å². The SMILES string of the molecule is COC(=O)c1ccc2c(c1)NC(C(C)(C)C)CO2. The second kappa shape index (κ2) is 4.52. The number of methoxy groups -OCH3 is 1. The summed E-state index contributed by atoms with van der Waals surface area (Å²) < 4.78 is 10.4. The van der Waals surface area contributed by atoms with Crippen molar-refractivity contribution in [1.82, 2.24) is 0 Å². The van der Waals surface area contributed by atoms with Gasteiger partial charge in [0.2, 0.25) is 0 Å². The van der Waals surface area contributed by atoms with Crippen molar-refractivity contribution < 1.29 is 14.3 Å². The Labute approximate surface area is 107 Å². The normalized spacial score (nSPS) is 18.3. The van der Waals surface area contributed by atoms with E-state index in [1.54, 1.807) is 18.2 Å². The predicted octanol–water partition coefficient (Wildman–Crippen LogP) is 2.69. The zero-order chi connectivity index (χ0) is 13.3. The van der Waals surface area contributed by atoms with Crippen molar-refractivity contribution in [3.8, 4) is 5.75 Å². The molecule has 0 spiro atoms.